The number of rotatable bonds is 2. The summed E-state index contributed by atoms with van der Waals surface area (Å²) in [6, 6.07) is 5.41. The number of aryl methyl sites for hydroxylation is 1. The summed E-state index contributed by atoms with van der Waals surface area (Å²) in [4.78, 5) is 2.42. The largest absolute Gasteiger partial charge is 0.315 e. The number of hydrogen-bond donors (Lipinski definition) is 1. The molecule has 1 aliphatic rings. The summed E-state index contributed by atoms with van der Waals surface area (Å²) in [6.45, 7) is 7.13. The van der Waals surface area contributed by atoms with Crippen molar-refractivity contribution >= 4 is 0 Å². The average Bonchev–Trinajstić information content (AvgIpc) is 2.52. The molecular formula is C13H19FN2. The van der Waals surface area contributed by atoms with E-state index in [0.29, 0.717) is 0 Å². The van der Waals surface area contributed by atoms with Crippen molar-refractivity contribution in [3.8, 4) is 0 Å². The summed E-state index contributed by atoms with van der Waals surface area (Å²) in [6.07, 6.45) is 1.19. The molecule has 1 heterocycles. The molecule has 3 heteroatoms. The third kappa shape index (κ3) is 3.03. The van der Waals surface area contributed by atoms with Crippen molar-refractivity contribution in [1.29, 1.82) is 0 Å². The molecule has 1 aliphatic heterocycles. The van der Waals surface area contributed by atoms with Crippen molar-refractivity contribution in [3.05, 3.63) is 35.1 Å². The van der Waals surface area contributed by atoms with E-state index in [-0.39, 0.29) is 5.82 Å². The monoisotopic (exact) mass is 222 g/mol. The Balaban J connectivity index is 1.99. The first-order valence-corrected chi connectivity index (χ1v) is 5.94. The Labute approximate surface area is 96.5 Å². The van der Waals surface area contributed by atoms with Crippen LogP contribution in [0, 0.1) is 12.7 Å². The van der Waals surface area contributed by atoms with Gasteiger partial charge in [-0.25, -0.2) is 4.39 Å². The fourth-order valence-corrected chi connectivity index (χ4v) is 2.12. The topological polar surface area (TPSA) is 15.3 Å². The molecule has 0 saturated carbocycles. The number of nitrogens with zero attached hydrogens (tertiary/aromatic N) is 1. The van der Waals surface area contributed by atoms with Gasteiger partial charge in [-0.2, -0.15) is 0 Å². The van der Waals surface area contributed by atoms with Gasteiger partial charge in [-0.1, -0.05) is 12.1 Å². The summed E-state index contributed by atoms with van der Waals surface area (Å²) in [5, 5.41) is 3.38. The van der Waals surface area contributed by atoms with Gasteiger partial charge in [0, 0.05) is 19.6 Å². The Morgan fingerprint density at radius 3 is 3.00 bits per heavy atom. The molecule has 16 heavy (non-hydrogen) atoms. The minimum absolute atomic E-state index is 0.110. The first-order chi connectivity index (χ1) is 7.75. The molecule has 0 unspecified atom stereocenters. The molecule has 0 bridgehead atoms. The van der Waals surface area contributed by atoms with Crippen LogP contribution in [-0.4, -0.2) is 31.1 Å². The SMILES string of the molecule is Cc1cc(CN2CCCNCC2)ccc1F. The lowest BCUT2D eigenvalue weighted by atomic mass is 10.1. The van der Waals surface area contributed by atoms with Crippen LogP contribution in [0.2, 0.25) is 0 Å². The molecule has 0 atom stereocenters. The van der Waals surface area contributed by atoms with E-state index < -0.39 is 0 Å². The maximum absolute atomic E-state index is 13.1. The fourth-order valence-electron chi connectivity index (χ4n) is 2.12. The van der Waals surface area contributed by atoms with Gasteiger partial charge in [-0.15, -0.1) is 0 Å². The minimum atomic E-state index is -0.110. The van der Waals surface area contributed by atoms with Crippen LogP contribution in [0.25, 0.3) is 0 Å². The number of benzene rings is 1. The van der Waals surface area contributed by atoms with Gasteiger partial charge in [0.2, 0.25) is 0 Å². The zero-order chi connectivity index (χ0) is 11.4. The van der Waals surface area contributed by atoms with Crippen LogP contribution in [0.15, 0.2) is 18.2 Å². The molecule has 88 valence electrons. The molecule has 1 saturated heterocycles. The van der Waals surface area contributed by atoms with Gasteiger partial charge < -0.3 is 5.32 Å². The molecular weight excluding hydrogens is 203 g/mol. The Kier molecular flexibility index (Phi) is 3.91. The van der Waals surface area contributed by atoms with E-state index in [4.69, 9.17) is 0 Å². The Morgan fingerprint density at radius 1 is 1.31 bits per heavy atom. The van der Waals surface area contributed by atoms with Crippen molar-refractivity contribution in [1.82, 2.24) is 10.2 Å². The standard InChI is InChI=1S/C13H19FN2/c1-11-9-12(3-4-13(11)14)10-16-7-2-5-15-6-8-16/h3-4,9,15H,2,5-8,10H2,1H3. The smallest absolute Gasteiger partial charge is 0.126 e. The minimum Gasteiger partial charge on any atom is -0.315 e. The van der Waals surface area contributed by atoms with Crippen LogP contribution in [0.4, 0.5) is 4.39 Å². The third-order valence-electron chi connectivity index (χ3n) is 3.06. The first kappa shape index (κ1) is 11.6. The highest BCUT2D eigenvalue weighted by molar-refractivity contribution is 5.23. The second-order valence-corrected chi connectivity index (χ2v) is 4.46. The van der Waals surface area contributed by atoms with E-state index in [1.807, 2.05) is 19.1 Å². The number of halogens is 1. The van der Waals surface area contributed by atoms with Gasteiger partial charge in [-0.3, -0.25) is 4.90 Å². The van der Waals surface area contributed by atoms with Gasteiger partial charge >= 0.3 is 0 Å². The molecule has 2 rings (SSSR count). The molecule has 1 fully saturated rings. The Morgan fingerprint density at radius 2 is 2.19 bits per heavy atom. The molecule has 1 aromatic carbocycles. The van der Waals surface area contributed by atoms with Crippen molar-refractivity contribution in [2.45, 2.75) is 19.9 Å². The van der Waals surface area contributed by atoms with Crippen molar-refractivity contribution < 1.29 is 4.39 Å². The number of nitrogens with one attached hydrogen (secondary N) is 1. The number of hydrogen-bond acceptors (Lipinski definition) is 2. The van der Waals surface area contributed by atoms with Gasteiger partial charge in [0.05, 0.1) is 0 Å². The lowest BCUT2D eigenvalue weighted by Gasteiger charge is -2.19. The molecule has 1 aromatic rings. The lowest BCUT2D eigenvalue weighted by Crippen LogP contribution is -2.27. The quantitative estimate of drug-likeness (QED) is 0.822. The van der Waals surface area contributed by atoms with E-state index in [0.717, 1.165) is 38.3 Å². The summed E-state index contributed by atoms with van der Waals surface area (Å²) in [7, 11) is 0. The van der Waals surface area contributed by atoms with Crippen molar-refractivity contribution in [2.75, 3.05) is 26.2 Å². The van der Waals surface area contributed by atoms with Crippen molar-refractivity contribution in [2.24, 2.45) is 0 Å². The molecule has 0 aromatic heterocycles. The molecule has 0 radical (unpaired) electrons. The predicted molar refractivity (Wildman–Crippen MR) is 63.9 cm³/mol. The predicted octanol–water partition coefficient (Wildman–Crippen LogP) is 1.93. The average molecular weight is 222 g/mol. The van der Waals surface area contributed by atoms with E-state index in [1.54, 1.807) is 6.07 Å². The maximum Gasteiger partial charge on any atom is 0.126 e. The van der Waals surface area contributed by atoms with Gasteiger partial charge in [-0.05, 0) is 43.6 Å². The second kappa shape index (κ2) is 5.41. The van der Waals surface area contributed by atoms with Crippen molar-refractivity contribution in [3.63, 3.8) is 0 Å². The summed E-state index contributed by atoms with van der Waals surface area (Å²) in [5.74, 6) is -0.110. The normalized spacial score (nSPS) is 18.4. The van der Waals surface area contributed by atoms with Gasteiger partial charge in [0.25, 0.3) is 0 Å². The van der Waals surface area contributed by atoms with Crippen LogP contribution in [0.1, 0.15) is 17.5 Å². The molecule has 0 amide bonds. The molecule has 0 spiro atoms. The van der Waals surface area contributed by atoms with Crippen LogP contribution in [0.3, 0.4) is 0 Å². The van der Waals surface area contributed by atoms with Gasteiger partial charge in [0.15, 0.2) is 0 Å². The van der Waals surface area contributed by atoms with Crippen LogP contribution in [0.5, 0.6) is 0 Å². The van der Waals surface area contributed by atoms with Crippen LogP contribution >= 0.6 is 0 Å². The van der Waals surface area contributed by atoms with E-state index in [2.05, 4.69) is 10.2 Å². The van der Waals surface area contributed by atoms with E-state index in [9.17, 15) is 4.39 Å². The van der Waals surface area contributed by atoms with Gasteiger partial charge in [0.1, 0.15) is 5.82 Å². The Hall–Kier alpha value is -0.930. The van der Waals surface area contributed by atoms with Crippen LogP contribution in [-0.2, 0) is 6.54 Å². The fraction of sp³-hybridized carbons (Fsp3) is 0.538. The molecule has 0 aliphatic carbocycles. The highest BCUT2D eigenvalue weighted by Crippen LogP contribution is 2.12. The second-order valence-electron chi connectivity index (χ2n) is 4.46. The molecule has 2 nitrogen and oxygen atoms in total. The highest BCUT2D eigenvalue weighted by atomic mass is 19.1. The van der Waals surface area contributed by atoms with E-state index in [1.165, 1.54) is 12.0 Å². The Bertz CT molecular complexity index is 344. The first-order valence-electron chi connectivity index (χ1n) is 5.94. The maximum atomic E-state index is 13.1. The highest BCUT2D eigenvalue weighted by Gasteiger charge is 2.09. The lowest BCUT2D eigenvalue weighted by molar-refractivity contribution is 0.284. The summed E-state index contributed by atoms with van der Waals surface area (Å²) >= 11 is 0. The zero-order valence-corrected chi connectivity index (χ0v) is 9.80. The third-order valence-corrected chi connectivity index (χ3v) is 3.06. The molecule has 1 N–H and O–H groups in total. The summed E-state index contributed by atoms with van der Waals surface area (Å²) < 4.78 is 13.1. The summed E-state index contributed by atoms with van der Waals surface area (Å²) in [5.41, 5.74) is 1.95. The zero-order valence-electron chi connectivity index (χ0n) is 9.80. The van der Waals surface area contributed by atoms with E-state index >= 15 is 0 Å². The van der Waals surface area contributed by atoms with Crippen LogP contribution < -0.4 is 5.32 Å².